The Labute approximate surface area is 245 Å². The van der Waals surface area contributed by atoms with E-state index >= 15 is 0 Å². The van der Waals surface area contributed by atoms with E-state index in [-0.39, 0.29) is 23.2 Å². The maximum Gasteiger partial charge on any atom is 0.275 e. The van der Waals surface area contributed by atoms with E-state index in [1.54, 1.807) is 28.6 Å². The van der Waals surface area contributed by atoms with Crippen LogP contribution in [0, 0.1) is 0 Å². The van der Waals surface area contributed by atoms with Crippen molar-refractivity contribution in [2.75, 3.05) is 38.5 Å². The first-order valence-corrected chi connectivity index (χ1v) is 14.4. The minimum absolute atomic E-state index is 0.144. The zero-order chi connectivity index (χ0) is 28.7. The van der Waals surface area contributed by atoms with Gasteiger partial charge in [-0.2, -0.15) is 5.10 Å². The number of carbonyl (C=O) groups is 2. The number of halogens is 1. The van der Waals surface area contributed by atoms with E-state index < -0.39 is 11.8 Å². The summed E-state index contributed by atoms with van der Waals surface area (Å²) in [6, 6.07) is 14.7. The summed E-state index contributed by atoms with van der Waals surface area (Å²) in [7, 11) is 4.01. The van der Waals surface area contributed by atoms with Crippen LogP contribution in [0.2, 0.25) is 5.02 Å². The fourth-order valence-corrected chi connectivity index (χ4v) is 6.08. The number of nitrogens with two attached hydrogens (primary N) is 1. The van der Waals surface area contributed by atoms with Crippen molar-refractivity contribution in [2.24, 2.45) is 5.73 Å². The summed E-state index contributed by atoms with van der Waals surface area (Å²) < 4.78 is 12.7. The van der Waals surface area contributed by atoms with Crippen LogP contribution in [0.25, 0.3) is 16.9 Å². The number of fused-ring (bicyclic) bond motifs is 4. The third-order valence-electron chi connectivity index (χ3n) is 6.91. The normalized spacial score (nSPS) is 13.2. The standard InChI is InChI=1S/C29H27ClN6O4S/c1-35(2)11-12-41-24-10-8-21(30)26(33-24)29(38)32-17-5-3-16-4-7-19-25(28(31)37)34-36(27(19)20(16)13-17)18-6-9-22-23(14-18)40-15-39-22/h3,5-6,8-10,13-14H,4,7,11-12,15H2,1-2H3,(H2,31,37)(H,32,38). The van der Waals surface area contributed by atoms with Crippen molar-refractivity contribution in [1.29, 1.82) is 0 Å². The molecule has 0 spiro atoms. The minimum atomic E-state index is -0.599. The van der Waals surface area contributed by atoms with Gasteiger partial charge in [-0.1, -0.05) is 17.7 Å². The highest BCUT2D eigenvalue weighted by Gasteiger charge is 2.29. The minimum Gasteiger partial charge on any atom is -0.454 e. The highest BCUT2D eigenvalue weighted by Crippen LogP contribution is 2.40. The van der Waals surface area contributed by atoms with Crippen molar-refractivity contribution in [3.63, 3.8) is 0 Å². The van der Waals surface area contributed by atoms with Gasteiger partial charge in [0.15, 0.2) is 17.2 Å². The predicted molar refractivity (Wildman–Crippen MR) is 158 cm³/mol. The molecule has 0 fully saturated rings. The van der Waals surface area contributed by atoms with E-state index in [9.17, 15) is 9.59 Å². The van der Waals surface area contributed by atoms with Gasteiger partial charge in [0.1, 0.15) is 5.69 Å². The van der Waals surface area contributed by atoms with E-state index in [2.05, 4.69) is 20.3 Å². The molecule has 0 radical (unpaired) electrons. The lowest BCUT2D eigenvalue weighted by molar-refractivity contribution is 0.0991. The van der Waals surface area contributed by atoms with Crippen molar-refractivity contribution in [1.82, 2.24) is 19.7 Å². The quantitative estimate of drug-likeness (QED) is 0.289. The molecule has 210 valence electrons. The molecule has 2 aromatic carbocycles. The van der Waals surface area contributed by atoms with Crippen LogP contribution in [0.3, 0.4) is 0 Å². The number of pyridine rings is 1. The van der Waals surface area contributed by atoms with Gasteiger partial charge in [-0.15, -0.1) is 11.8 Å². The van der Waals surface area contributed by atoms with Crippen molar-refractivity contribution < 1.29 is 19.1 Å². The number of nitrogens with zero attached hydrogens (tertiary/aromatic N) is 4. The van der Waals surface area contributed by atoms with Crippen LogP contribution in [-0.2, 0) is 12.8 Å². The van der Waals surface area contributed by atoms with E-state index in [0.29, 0.717) is 35.7 Å². The summed E-state index contributed by atoms with van der Waals surface area (Å²) in [5.74, 6) is 1.06. The number of hydrogen-bond acceptors (Lipinski definition) is 8. The Kier molecular flexibility index (Phi) is 7.33. The highest BCUT2D eigenvalue weighted by atomic mass is 35.5. The zero-order valence-corrected chi connectivity index (χ0v) is 24.0. The van der Waals surface area contributed by atoms with Crippen LogP contribution < -0.4 is 20.5 Å². The summed E-state index contributed by atoms with van der Waals surface area (Å²) in [5, 5.41) is 8.54. The SMILES string of the molecule is CN(C)CCSc1ccc(Cl)c(C(=O)Nc2ccc3c(c2)-c2c(c(C(N)=O)nn2-c2ccc4c(c2)OCO4)CC3)n1. The molecule has 10 nitrogen and oxygen atoms in total. The lowest BCUT2D eigenvalue weighted by atomic mass is 9.88. The molecule has 0 bridgehead atoms. The molecule has 0 saturated heterocycles. The first-order chi connectivity index (χ1) is 19.8. The molecule has 6 rings (SSSR count). The van der Waals surface area contributed by atoms with Gasteiger partial charge in [0.2, 0.25) is 6.79 Å². The Balaban J connectivity index is 1.34. The summed E-state index contributed by atoms with van der Waals surface area (Å²) >= 11 is 7.93. The van der Waals surface area contributed by atoms with Crippen molar-refractivity contribution in [2.45, 2.75) is 17.9 Å². The second-order valence-corrected chi connectivity index (χ2v) is 11.5. The van der Waals surface area contributed by atoms with E-state index in [1.807, 2.05) is 50.5 Å². The molecule has 2 aliphatic rings. The second-order valence-electron chi connectivity index (χ2n) is 9.95. The lowest BCUT2D eigenvalue weighted by Crippen LogP contribution is -2.17. The highest BCUT2D eigenvalue weighted by molar-refractivity contribution is 7.99. The van der Waals surface area contributed by atoms with Crippen molar-refractivity contribution in [3.05, 3.63) is 76.1 Å². The summed E-state index contributed by atoms with van der Waals surface area (Å²) in [6.45, 7) is 1.03. The molecule has 4 aromatic rings. The average molecular weight is 591 g/mol. The number of anilines is 1. The maximum absolute atomic E-state index is 13.3. The molecular formula is C29H27ClN6O4S. The van der Waals surface area contributed by atoms with Gasteiger partial charge in [-0.25, -0.2) is 9.67 Å². The number of benzene rings is 2. The number of carbonyl (C=O) groups excluding carboxylic acids is 2. The number of primary amides is 1. The molecule has 1 aliphatic heterocycles. The number of aryl methyl sites for hydroxylation is 1. The molecule has 12 heteroatoms. The van der Waals surface area contributed by atoms with Crippen LogP contribution in [0.1, 0.15) is 32.1 Å². The number of nitrogens with one attached hydrogen (secondary N) is 1. The Hall–Kier alpha value is -4.06. The fourth-order valence-electron chi connectivity index (χ4n) is 4.90. The van der Waals surface area contributed by atoms with Gasteiger partial charge in [0.05, 0.1) is 21.4 Å². The van der Waals surface area contributed by atoms with Crippen LogP contribution in [0.5, 0.6) is 11.5 Å². The Bertz CT molecular complexity index is 1690. The molecule has 2 aromatic heterocycles. The van der Waals surface area contributed by atoms with Crippen LogP contribution in [0.15, 0.2) is 53.6 Å². The van der Waals surface area contributed by atoms with Gasteiger partial charge >= 0.3 is 0 Å². The number of amides is 2. The number of thioether (sulfide) groups is 1. The van der Waals surface area contributed by atoms with Crippen molar-refractivity contribution >= 4 is 40.9 Å². The predicted octanol–water partition coefficient (Wildman–Crippen LogP) is 4.42. The van der Waals surface area contributed by atoms with E-state index in [1.165, 1.54) is 0 Å². The van der Waals surface area contributed by atoms with Gasteiger partial charge in [0.25, 0.3) is 11.8 Å². The van der Waals surface area contributed by atoms with Crippen LogP contribution >= 0.6 is 23.4 Å². The van der Waals surface area contributed by atoms with Gasteiger partial charge in [-0.3, -0.25) is 9.59 Å². The Morgan fingerprint density at radius 1 is 1.07 bits per heavy atom. The Morgan fingerprint density at radius 2 is 1.90 bits per heavy atom. The summed E-state index contributed by atoms with van der Waals surface area (Å²) in [6.07, 6.45) is 1.30. The van der Waals surface area contributed by atoms with Crippen LogP contribution in [0.4, 0.5) is 5.69 Å². The second kappa shape index (κ2) is 11.1. The zero-order valence-electron chi connectivity index (χ0n) is 22.4. The maximum atomic E-state index is 13.3. The summed E-state index contributed by atoms with van der Waals surface area (Å²) in [5.41, 5.74) is 10.8. The van der Waals surface area contributed by atoms with Crippen molar-refractivity contribution in [3.8, 4) is 28.4 Å². The van der Waals surface area contributed by atoms with E-state index in [0.717, 1.165) is 39.7 Å². The average Bonchev–Trinajstić information content (AvgIpc) is 3.58. The topological polar surface area (TPSA) is 125 Å². The molecular weight excluding hydrogens is 564 g/mol. The number of aromatic nitrogens is 3. The van der Waals surface area contributed by atoms with E-state index in [4.69, 9.17) is 26.8 Å². The van der Waals surface area contributed by atoms with Gasteiger partial charge in [0, 0.05) is 35.2 Å². The first-order valence-electron chi connectivity index (χ1n) is 13.0. The lowest BCUT2D eigenvalue weighted by Gasteiger charge is -2.20. The van der Waals surface area contributed by atoms with Gasteiger partial charge < -0.3 is 25.4 Å². The molecule has 41 heavy (non-hydrogen) atoms. The molecule has 3 heterocycles. The largest absolute Gasteiger partial charge is 0.454 e. The molecule has 3 N–H and O–H groups in total. The molecule has 1 aliphatic carbocycles. The molecule has 0 saturated carbocycles. The third-order valence-corrected chi connectivity index (χ3v) is 8.12. The number of hydrogen-bond donors (Lipinski definition) is 2. The molecule has 0 unspecified atom stereocenters. The number of rotatable bonds is 8. The van der Waals surface area contributed by atoms with Crippen LogP contribution in [-0.4, -0.2) is 64.7 Å². The van der Waals surface area contributed by atoms with Gasteiger partial charge in [-0.05, 0) is 68.9 Å². The summed E-state index contributed by atoms with van der Waals surface area (Å²) in [4.78, 5) is 32.3. The monoisotopic (exact) mass is 590 g/mol. The molecule has 2 amide bonds. The molecule has 0 atom stereocenters. The first kappa shape index (κ1) is 27.1. The number of ether oxygens (including phenoxy) is 2. The smallest absolute Gasteiger partial charge is 0.275 e. The Morgan fingerprint density at radius 3 is 2.71 bits per heavy atom. The third kappa shape index (κ3) is 5.35. The fraction of sp³-hybridized carbons (Fsp3) is 0.241.